The summed E-state index contributed by atoms with van der Waals surface area (Å²) >= 11 is 6.04. The molecule has 3 rings (SSSR count). The number of nitrogens with one attached hydrogen (secondary N) is 1. The molecule has 0 heterocycles. The lowest BCUT2D eigenvalue weighted by molar-refractivity contribution is -0.139. The van der Waals surface area contributed by atoms with E-state index >= 15 is 0 Å². The summed E-state index contributed by atoms with van der Waals surface area (Å²) in [5, 5.41) is 3.24. The standard InChI is InChI=1S/C28H32ClN3O5S/c1-4-18-30-28(34)21(2)31(19-22-8-6-5-7-9-22)27(33)20-32(24-12-10-23(29)11-13-24)38(35,36)26-16-14-25(37-3)15-17-26/h5-17,21H,4,18-20H2,1-3H3,(H,30,34)/t21-/m1/s1. The highest BCUT2D eigenvalue weighted by atomic mass is 35.5. The minimum atomic E-state index is -4.17. The SMILES string of the molecule is CCCNC(=O)[C@@H](C)N(Cc1ccccc1)C(=O)CN(c1ccc(Cl)cc1)S(=O)(=O)c1ccc(OC)cc1. The molecule has 3 aromatic rings. The zero-order valence-corrected chi connectivity index (χ0v) is 23.2. The van der Waals surface area contributed by atoms with E-state index in [0.29, 0.717) is 17.3 Å². The number of hydrogen-bond donors (Lipinski definition) is 1. The van der Waals surface area contributed by atoms with Gasteiger partial charge in [0.25, 0.3) is 10.0 Å². The van der Waals surface area contributed by atoms with E-state index in [1.807, 2.05) is 37.3 Å². The second-order valence-electron chi connectivity index (χ2n) is 8.64. The van der Waals surface area contributed by atoms with E-state index in [1.165, 1.54) is 48.4 Å². The van der Waals surface area contributed by atoms with Gasteiger partial charge in [-0.1, -0.05) is 48.9 Å². The Bertz CT molecular complexity index is 1320. The number of carbonyl (C=O) groups is 2. The third kappa shape index (κ3) is 7.26. The molecule has 0 spiro atoms. The van der Waals surface area contributed by atoms with Gasteiger partial charge in [-0.3, -0.25) is 13.9 Å². The summed E-state index contributed by atoms with van der Waals surface area (Å²) in [6.45, 7) is 3.66. The Hall–Kier alpha value is -3.56. The summed E-state index contributed by atoms with van der Waals surface area (Å²) in [7, 11) is -2.68. The van der Waals surface area contributed by atoms with Crippen LogP contribution in [0.15, 0.2) is 83.8 Å². The van der Waals surface area contributed by atoms with E-state index in [1.54, 1.807) is 19.1 Å². The maximum absolute atomic E-state index is 13.8. The zero-order valence-electron chi connectivity index (χ0n) is 21.6. The smallest absolute Gasteiger partial charge is 0.264 e. The molecule has 0 saturated heterocycles. The van der Waals surface area contributed by atoms with Crippen molar-refractivity contribution >= 4 is 39.1 Å². The number of carbonyl (C=O) groups excluding carboxylic acids is 2. The van der Waals surface area contributed by atoms with Gasteiger partial charge in [0.05, 0.1) is 17.7 Å². The van der Waals surface area contributed by atoms with Gasteiger partial charge in [0.2, 0.25) is 11.8 Å². The first kappa shape index (κ1) is 29.0. The Morgan fingerprint density at radius 1 is 0.974 bits per heavy atom. The summed E-state index contributed by atoms with van der Waals surface area (Å²) in [6.07, 6.45) is 0.746. The van der Waals surface area contributed by atoms with Crippen LogP contribution < -0.4 is 14.4 Å². The van der Waals surface area contributed by atoms with Crippen molar-refractivity contribution in [1.82, 2.24) is 10.2 Å². The van der Waals surface area contributed by atoms with E-state index in [0.717, 1.165) is 16.3 Å². The van der Waals surface area contributed by atoms with Crippen molar-refractivity contribution in [1.29, 1.82) is 0 Å². The average Bonchev–Trinajstić information content (AvgIpc) is 2.93. The highest BCUT2D eigenvalue weighted by molar-refractivity contribution is 7.92. The number of halogens is 1. The topological polar surface area (TPSA) is 96.0 Å². The molecule has 38 heavy (non-hydrogen) atoms. The van der Waals surface area contributed by atoms with Crippen molar-refractivity contribution < 1.29 is 22.7 Å². The summed E-state index contributed by atoms with van der Waals surface area (Å²) < 4.78 is 33.7. The molecule has 0 unspecified atom stereocenters. The van der Waals surface area contributed by atoms with E-state index in [4.69, 9.17) is 16.3 Å². The minimum absolute atomic E-state index is 0.00982. The number of amides is 2. The van der Waals surface area contributed by atoms with Crippen molar-refractivity contribution in [3.63, 3.8) is 0 Å². The van der Waals surface area contributed by atoms with Gasteiger partial charge in [0, 0.05) is 18.1 Å². The third-order valence-corrected chi connectivity index (χ3v) is 7.99. The largest absolute Gasteiger partial charge is 0.497 e. The first-order chi connectivity index (χ1) is 18.2. The predicted octanol–water partition coefficient (Wildman–Crippen LogP) is 4.49. The molecule has 0 aromatic heterocycles. The van der Waals surface area contributed by atoms with Gasteiger partial charge in [0.1, 0.15) is 18.3 Å². The molecule has 0 bridgehead atoms. The normalized spacial score (nSPS) is 11.9. The molecule has 202 valence electrons. The first-order valence-corrected chi connectivity index (χ1v) is 14.0. The van der Waals surface area contributed by atoms with Crippen molar-refractivity contribution in [2.24, 2.45) is 0 Å². The van der Waals surface area contributed by atoms with Gasteiger partial charge in [-0.25, -0.2) is 8.42 Å². The lowest BCUT2D eigenvalue weighted by Gasteiger charge is -2.32. The first-order valence-electron chi connectivity index (χ1n) is 12.2. The lowest BCUT2D eigenvalue weighted by Crippen LogP contribution is -2.51. The van der Waals surface area contributed by atoms with Crippen molar-refractivity contribution in [3.05, 3.63) is 89.4 Å². The van der Waals surface area contributed by atoms with Gasteiger partial charge in [-0.15, -0.1) is 0 Å². The van der Waals surface area contributed by atoms with Gasteiger partial charge < -0.3 is 15.0 Å². The number of anilines is 1. The maximum Gasteiger partial charge on any atom is 0.264 e. The molecule has 10 heteroatoms. The Morgan fingerprint density at radius 2 is 1.61 bits per heavy atom. The number of benzene rings is 3. The average molecular weight is 558 g/mol. The molecule has 0 radical (unpaired) electrons. The monoisotopic (exact) mass is 557 g/mol. The van der Waals surface area contributed by atoms with Crippen LogP contribution in [0.1, 0.15) is 25.8 Å². The van der Waals surface area contributed by atoms with Gasteiger partial charge in [0.15, 0.2) is 0 Å². The molecule has 0 fully saturated rings. The molecule has 0 aliphatic carbocycles. The summed E-state index contributed by atoms with van der Waals surface area (Å²) in [4.78, 5) is 28.0. The van der Waals surface area contributed by atoms with Crippen LogP contribution in [-0.4, -0.2) is 51.4 Å². The molecule has 8 nitrogen and oxygen atoms in total. The fourth-order valence-corrected chi connectivity index (χ4v) is 5.31. The fraction of sp³-hybridized carbons (Fsp3) is 0.286. The Labute approximate surface area is 229 Å². The molecule has 1 N–H and O–H groups in total. The van der Waals surface area contributed by atoms with Gasteiger partial charge in [-0.05, 0) is 67.4 Å². The van der Waals surface area contributed by atoms with E-state index in [-0.39, 0.29) is 23.0 Å². The third-order valence-electron chi connectivity index (χ3n) is 5.95. The number of methoxy groups -OCH3 is 1. The number of sulfonamides is 1. The second kappa shape index (κ2) is 13.3. The van der Waals surface area contributed by atoms with Gasteiger partial charge in [-0.2, -0.15) is 0 Å². The van der Waals surface area contributed by atoms with Crippen LogP contribution in [0, 0.1) is 0 Å². The highest BCUT2D eigenvalue weighted by Crippen LogP contribution is 2.27. The van der Waals surface area contributed by atoms with Crippen molar-refractivity contribution in [2.45, 2.75) is 37.8 Å². The summed E-state index contributed by atoms with van der Waals surface area (Å²) in [5.41, 5.74) is 1.08. The van der Waals surface area contributed by atoms with Crippen LogP contribution in [0.2, 0.25) is 5.02 Å². The molecule has 2 amide bonds. The molecule has 0 aliphatic rings. The quantitative estimate of drug-likeness (QED) is 0.354. The molecular weight excluding hydrogens is 526 g/mol. The Balaban J connectivity index is 2.00. The molecular formula is C28H32ClN3O5S. The summed E-state index contributed by atoms with van der Waals surface area (Å²) in [5.74, 6) is -0.341. The zero-order chi connectivity index (χ0) is 27.7. The Kier molecular flexibility index (Phi) is 10.2. The van der Waals surface area contributed by atoms with Crippen LogP contribution in [-0.2, 0) is 26.2 Å². The maximum atomic E-state index is 13.8. The molecule has 3 aromatic carbocycles. The van der Waals surface area contributed by atoms with Crippen LogP contribution in [0.25, 0.3) is 0 Å². The van der Waals surface area contributed by atoms with Crippen molar-refractivity contribution in [2.75, 3.05) is 24.5 Å². The van der Waals surface area contributed by atoms with Gasteiger partial charge >= 0.3 is 0 Å². The molecule has 1 atom stereocenters. The second-order valence-corrected chi connectivity index (χ2v) is 10.9. The number of ether oxygens (including phenoxy) is 1. The number of nitrogens with zero attached hydrogens (tertiary/aromatic N) is 2. The Morgan fingerprint density at radius 3 is 2.18 bits per heavy atom. The van der Waals surface area contributed by atoms with E-state index in [2.05, 4.69) is 5.32 Å². The minimum Gasteiger partial charge on any atom is -0.497 e. The van der Waals surface area contributed by atoms with Crippen LogP contribution in [0.3, 0.4) is 0 Å². The highest BCUT2D eigenvalue weighted by Gasteiger charge is 2.32. The fourth-order valence-electron chi connectivity index (χ4n) is 3.77. The van der Waals surface area contributed by atoms with Crippen LogP contribution in [0.4, 0.5) is 5.69 Å². The van der Waals surface area contributed by atoms with Crippen LogP contribution >= 0.6 is 11.6 Å². The van der Waals surface area contributed by atoms with Crippen molar-refractivity contribution in [3.8, 4) is 5.75 Å². The number of rotatable bonds is 12. The van der Waals surface area contributed by atoms with E-state index in [9.17, 15) is 18.0 Å². The molecule has 0 saturated carbocycles. The van der Waals surface area contributed by atoms with E-state index < -0.39 is 28.5 Å². The molecule has 0 aliphatic heterocycles. The summed E-state index contributed by atoms with van der Waals surface area (Å²) in [6, 6.07) is 20.5. The lowest BCUT2D eigenvalue weighted by atomic mass is 10.1. The number of hydrogen-bond acceptors (Lipinski definition) is 5. The predicted molar refractivity (Wildman–Crippen MR) is 149 cm³/mol. The van der Waals surface area contributed by atoms with Crippen LogP contribution in [0.5, 0.6) is 5.75 Å².